The van der Waals surface area contributed by atoms with Crippen LogP contribution in [-0.4, -0.2) is 33.0 Å². The third-order valence-electron chi connectivity index (χ3n) is 3.02. The summed E-state index contributed by atoms with van der Waals surface area (Å²) in [5.74, 6) is 1.07. The summed E-state index contributed by atoms with van der Waals surface area (Å²) in [5.41, 5.74) is 7.20. The molecule has 0 saturated carbocycles. The number of nitrogens with zero attached hydrogens (tertiary/aromatic N) is 1. The number of ether oxygens (including phenoxy) is 2. The van der Waals surface area contributed by atoms with Crippen LogP contribution in [0.25, 0.3) is 11.1 Å². The molecular weight excluding hydrogens is 296 g/mol. The highest BCUT2D eigenvalue weighted by atomic mass is 32.2. The van der Waals surface area contributed by atoms with E-state index in [1.165, 1.54) is 0 Å². The zero-order valence-electron chi connectivity index (χ0n) is 11.3. The van der Waals surface area contributed by atoms with Gasteiger partial charge in [0.1, 0.15) is 18.9 Å². The number of sulfone groups is 1. The molecular formula is C13H14N2O5S. The normalized spacial score (nSPS) is 14.1. The van der Waals surface area contributed by atoms with Gasteiger partial charge in [-0.1, -0.05) is 11.2 Å². The average molecular weight is 310 g/mol. The Hall–Kier alpha value is -2.22. The molecule has 0 fully saturated rings. The maximum absolute atomic E-state index is 11.5. The fourth-order valence-electron chi connectivity index (χ4n) is 2.19. The average Bonchev–Trinajstić information content (AvgIpc) is 2.77. The predicted molar refractivity (Wildman–Crippen MR) is 75.9 cm³/mol. The lowest BCUT2D eigenvalue weighted by Gasteiger charge is -2.18. The summed E-state index contributed by atoms with van der Waals surface area (Å²) >= 11 is 0. The van der Waals surface area contributed by atoms with Gasteiger partial charge < -0.3 is 19.7 Å². The number of rotatable bonds is 3. The van der Waals surface area contributed by atoms with Crippen LogP contribution in [0.15, 0.2) is 22.7 Å². The minimum absolute atomic E-state index is 0.0744. The van der Waals surface area contributed by atoms with E-state index < -0.39 is 9.84 Å². The van der Waals surface area contributed by atoms with Gasteiger partial charge in [-0.05, 0) is 17.7 Å². The van der Waals surface area contributed by atoms with E-state index in [9.17, 15) is 8.42 Å². The van der Waals surface area contributed by atoms with Crippen molar-refractivity contribution in [3.63, 3.8) is 0 Å². The number of hydrogen-bond acceptors (Lipinski definition) is 7. The van der Waals surface area contributed by atoms with Crippen molar-refractivity contribution in [2.24, 2.45) is 0 Å². The minimum atomic E-state index is -3.25. The Morgan fingerprint density at radius 1 is 1.24 bits per heavy atom. The third-order valence-corrected chi connectivity index (χ3v) is 3.82. The Kier molecular flexibility index (Phi) is 3.25. The molecule has 21 heavy (non-hydrogen) atoms. The number of fused-ring (bicyclic) bond motifs is 1. The Labute approximate surface area is 121 Å². The Morgan fingerprint density at radius 3 is 2.67 bits per heavy atom. The summed E-state index contributed by atoms with van der Waals surface area (Å²) in [7, 11) is -3.25. The van der Waals surface area contributed by atoms with Gasteiger partial charge in [0, 0.05) is 6.26 Å². The lowest BCUT2D eigenvalue weighted by atomic mass is 10.1. The van der Waals surface area contributed by atoms with Crippen LogP contribution in [0.2, 0.25) is 0 Å². The fraction of sp³-hybridized carbons (Fsp3) is 0.308. The molecule has 0 amide bonds. The van der Waals surface area contributed by atoms with Gasteiger partial charge in [-0.3, -0.25) is 0 Å². The van der Waals surface area contributed by atoms with Crippen molar-refractivity contribution in [3.05, 3.63) is 23.9 Å². The fourth-order valence-corrected chi connectivity index (χ4v) is 2.89. The van der Waals surface area contributed by atoms with E-state index in [1.54, 1.807) is 18.2 Å². The van der Waals surface area contributed by atoms with Gasteiger partial charge in [-0.2, -0.15) is 0 Å². The van der Waals surface area contributed by atoms with E-state index in [-0.39, 0.29) is 17.3 Å². The standard InChI is InChI=1S/C13H14N2O5S/c1-21(16,17)7-9-12(13(14)20-15-9)8-2-3-10-11(6-8)19-5-4-18-10/h2-3,6H,4-5,7,14H2,1H3. The molecule has 2 aromatic rings. The highest BCUT2D eigenvalue weighted by Crippen LogP contribution is 2.38. The van der Waals surface area contributed by atoms with Gasteiger partial charge in [0.05, 0.1) is 11.3 Å². The van der Waals surface area contributed by atoms with Crippen LogP contribution in [0.1, 0.15) is 5.69 Å². The first-order valence-corrected chi connectivity index (χ1v) is 8.32. The Bertz CT molecular complexity index is 782. The van der Waals surface area contributed by atoms with Crippen molar-refractivity contribution < 1.29 is 22.4 Å². The predicted octanol–water partition coefficient (Wildman–Crippen LogP) is 1.24. The van der Waals surface area contributed by atoms with Gasteiger partial charge in [0.2, 0.25) is 5.88 Å². The van der Waals surface area contributed by atoms with E-state index in [0.717, 1.165) is 6.26 Å². The summed E-state index contributed by atoms with van der Waals surface area (Å²) in [4.78, 5) is 0. The topological polar surface area (TPSA) is 105 Å². The zero-order chi connectivity index (χ0) is 15.0. The third kappa shape index (κ3) is 2.80. The SMILES string of the molecule is CS(=O)(=O)Cc1noc(N)c1-c1ccc2c(c1)OCCO2. The second-order valence-electron chi connectivity index (χ2n) is 4.80. The van der Waals surface area contributed by atoms with Crippen molar-refractivity contribution in [2.75, 3.05) is 25.2 Å². The van der Waals surface area contributed by atoms with Gasteiger partial charge in [0.25, 0.3) is 0 Å². The highest BCUT2D eigenvalue weighted by molar-refractivity contribution is 7.89. The lowest BCUT2D eigenvalue weighted by molar-refractivity contribution is 0.171. The van der Waals surface area contributed by atoms with E-state index in [2.05, 4.69) is 5.16 Å². The number of anilines is 1. The monoisotopic (exact) mass is 310 g/mol. The second-order valence-corrected chi connectivity index (χ2v) is 6.94. The van der Waals surface area contributed by atoms with Crippen molar-refractivity contribution in [3.8, 4) is 22.6 Å². The number of hydrogen-bond donors (Lipinski definition) is 1. The van der Waals surface area contributed by atoms with Gasteiger partial charge in [-0.15, -0.1) is 0 Å². The Morgan fingerprint density at radius 2 is 1.95 bits per heavy atom. The van der Waals surface area contributed by atoms with Crippen LogP contribution >= 0.6 is 0 Å². The van der Waals surface area contributed by atoms with Gasteiger partial charge in [0.15, 0.2) is 21.3 Å². The summed E-state index contributed by atoms with van der Waals surface area (Å²) in [6, 6.07) is 5.26. The molecule has 1 aromatic heterocycles. The lowest BCUT2D eigenvalue weighted by Crippen LogP contribution is -2.15. The van der Waals surface area contributed by atoms with Crippen LogP contribution in [0.5, 0.6) is 11.5 Å². The smallest absolute Gasteiger partial charge is 0.230 e. The quantitative estimate of drug-likeness (QED) is 0.909. The van der Waals surface area contributed by atoms with Crippen molar-refractivity contribution in [2.45, 2.75) is 5.75 Å². The molecule has 112 valence electrons. The van der Waals surface area contributed by atoms with Crippen molar-refractivity contribution >= 4 is 15.7 Å². The molecule has 8 heteroatoms. The number of nitrogen functional groups attached to an aromatic ring is 1. The summed E-state index contributed by atoms with van der Waals surface area (Å²) < 4.78 is 38.8. The molecule has 1 aliphatic heterocycles. The van der Waals surface area contributed by atoms with Crippen LogP contribution < -0.4 is 15.2 Å². The highest BCUT2D eigenvalue weighted by Gasteiger charge is 2.21. The van der Waals surface area contributed by atoms with Crippen molar-refractivity contribution in [1.29, 1.82) is 0 Å². The molecule has 3 rings (SSSR count). The number of nitrogens with two attached hydrogens (primary N) is 1. The molecule has 0 bridgehead atoms. The number of aromatic nitrogens is 1. The van der Waals surface area contributed by atoms with Crippen LogP contribution in [-0.2, 0) is 15.6 Å². The van der Waals surface area contributed by atoms with Crippen LogP contribution in [0.4, 0.5) is 5.88 Å². The molecule has 0 unspecified atom stereocenters. The van der Waals surface area contributed by atoms with Crippen molar-refractivity contribution in [1.82, 2.24) is 5.16 Å². The van der Waals surface area contributed by atoms with Gasteiger partial charge >= 0.3 is 0 Å². The summed E-state index contributed by atoms with van der Waals surface area (Å²) in [5, 5.41) is 3.74. The zero-order valence-corrected chi connectivity index (χ0v) is 12.1. The summed E-state index contributed by atoms with van der Waals surface area (Å²) in [6.45, 7) is 0.965. The summed E-state index contributed by atoms with van der Waals surface area (Å²) in [6.07, 6.45) is 1.13. The second kappa shape index (κ2) is 4.96. The van der Waals surface area contributed by atoms with E-state index >= 15 is 0 Å². The largest absolute Gasteiger partial charge is 0.486 e. The molecule has 2 N–H and O–H groups in total. The maximum atomic E-state index is 11.5. The van der Waals surface area contributed by atoms with Crippen LogP contribution in [0, 0.1) is 0 Å². The molecule has 0 aliphatic carbocycles. The first-order chi connectivity index (χ1) is 9.94. The molecule has 2 heterocycles. The molecule has 1 aromatic carbocycles. The number of benzene rings is 1. The first-order valence-electron chi connectivity index (χ1n) is 6.26. The van der Waals surface area contributed by atoms with Crippen LogP contribution in [0.3, 0.4) is 0 Å². The molecule has 7 nitrogen and oxygen atoms in total. The first kappa shape index (κ1) is 13.7. The molecule has 0 radical (unpaired) electrons. The van der Waals surface area contributed by atoms with E-state index in [0.29, 0.717) is 35.8 Å². The van der Waals surface area contributed by atoms with E-state index in [4.69, 9.17) is 19.7 Å². The van der Waals surface area contributed by atoms with E-state index in [1.807, 2.05) is 0 Å². The molecule has 0 atom stereocenters. The van der Waals surface area contributed by atoms with Gasteiger partial charge in [-0.25, -0.2) is 8.42 Å². The maximum Gasteiger partial charge on any atom is 0.230 e. The molecule has 0 spiro atoms. The Balaban J connectivity index is 2.06. The molecule has 1 aliphatic rings. The molecule has 0 saturated heterocycles. The minimum Gasteiger partial charge on any atom is -0.486 e.